The second-order valence-corrected chi connectivity index (χ2v) is 9.46. The Balaban J connectivity index is 2.22. The molecule has 7 N–H and O–H groups in total. The summed E-state index contributed by atoms with van der Waals surface area (Å²) in [6.45, 7) is -0.584. The van der Waals surface area contributed by atoms with Gasteiger partial charge in [-0.25, -0.2) is 4.79 Å². The van der Waals surface area contributed by atoms with Crippen LogP contribution < -0.4 is 21.7 Å². The monoisotopic (exact) mass is 530 g/mol. The van der Waals surface area contributed by atoms with Crippen molar-refractivity contribution in [1.29, 1.82) is 0 Å². The third kappa shape index (κ3) is 10.2. The van der Waals surface area contributed by atoms with Crippen LogP contribution in [-0.4, -0.2) is 76.7 Å². The van der Waals surface area contributed by atoms with Gasteiger partial charge in [0, 0.05) is 12.8 Å². The summed E-state index contributed by atoms with van der Waals surface area (Å²) in [7, 11) is 0. The Morgan fingerprint density at radius 2 is 1.24 bits per heavy atom. The van der Waals surface area contributed by atoms with Crippen LogP contribution >= 0.6 is 11.8 Å². The van der Waals surface area contributed by atoms with Crippen molar-refractivity contribution in [1.82, 2.24) is 16.0 Å². The molecular weight excluding hydrogens is 496 g/mol. The SMILES string of the molecule is CSCCC(NC(=O)C(N)CO)C(=O)NC(Cc1ccccc1)C(=O)NC(Cc1ccccc1)C(=O)O. The Hall–Kier alpha value is -3.41. The van der Waals surface area contributed by atoms with Gasteiger partial charge >= 0.3 is 5.97 Å². The summed E-state index contributed by atoms with van der Waals surface area (Å²) in [5.74, 6) is -2.63. The summed E-state index contributed by atoms with van der Waals surface area (Å²) in [4.78, 5) is 50.6. The first-order valence-corrected chi connectivity index (χ1v) is 13.2. The fourth-order valence-corrected chi connectivity index (χ4v) is 3.99. The van der Waals surface area contributed by atoms with Crippen molar-refractivity contribution in [2.75, 3.05) is 18.6 Å². The number of thioether (sulfide) groups is 1. The number of nitrogens with two attached hydrogens (primary N) is 1. The highest BCUT2D eigenvalue weighted by molar-refractivity contribution is 7.98. The van der Waals surface area contributed by atoms with Crippen LogP contribution in [0.5, 0.6) is 0 Å². The van der Waals surface area contributed by atoms with Gasteiger partial charge in [0.05, 0.1) is 6.61 Å². The van der Waals surface area contributed by atoms with Crippen molar-refractivity contribution in [3.63, 3.8) is 0 Å². The molecule has 2 aromatic carbocycles. The zero-order chi connectivity index (χ0) is 27.2. The van der Waals surface area contributed by atoms with Gasteiger partial charge in [0.15, 0.2) is 0 Å². The van der Waals surface area contributed by atoms with Crippen LogP contribution in [0.2, 0.25) is 0 Å². The summed E-state index contributed by atoms with van der Waals surface area (Å²) in [5.41, 5.74) is 7.06. The number of carbonyl (C=O) groups is 4. The summed E-state index contributed by atoms with van der Waals surface area (Å²) in [6.07, 6.45) is 2.29. The van der Waals surface area contributed by atoms with E-state index in [9.17, 15) is 24.3 Å². The second kappa shape index (κ2) is 15.6. The van der Waals surface area contributed by atoms with E-state index in [-0.39, 0.29) is 19.3 Å². The predicted molar refractivity (Wildman–Crippen MR) is 142 cm³/mol. The normalized spacial score (nSPS) is 14.0. The molecule has 4 atom stereocenters. The maximum Gasteiger partial charge on any atom is 0.326 e. The molecule has 0 saturated heterocycles. The molecule has 4 unspecified atom stereocenters. The summed E-state index contributed by atoms with van der Waals surface area (Å²) >= 11 is 1.47. The molecule has 0 spiro atoms. The zero-order valence-electron chi connectivity index (χ0n) is 20.6. The molecule has 0 radical (unpaired) electrons. The number of hydrogen-bond donors (Lipinski definition) is 6. The van der Waals surface area contributed by atoms with Gasteiger partial charge in [-0.1, -0.05) is 60.7 Å². The van der Waals surface area contributed by atoms with E-state index in [4.69, 9.17) is 10.8 Å². The molecular formula is C26H34N4O6S. The Labute approximate surface area is 220 Å². The molecule has 3 amide bonds. The van der Waals surface area contributed by atoms with Crippen LogP contribution in [0, 0.1) is 0 Å². The molecule has 0 fully saturated rings. The van der Waals surface area contributed by atoms with Gasteiger partial charge in [0.25, 0.3) is 0 Å². The number of carboxylic acid groups (broad SMARTS) is 1. The van der Waals surface area contributed by atoms with Gasteiger partial charge in [-0.15, -0.1) is 0 Å². The first-order chi connectivity index (χ1) is 17.7. The third-order valence-corrected chi connectivity index (χ3v) is 6.23. The van der Waals surface area contributed by atoms with Crippen LogP contribution in [0.1, 0.15) is 17.5 Å². The lowest BCUT2D eigenvalue weighted by atomic mass is 10.0. The number of nitrogens with one attached hydrogen (secondary N) is 3. The number of aliphatic hydroxyl groups excluding tert-OH is 1. The van der Waals surface area contributed by atoms with E-state index >= 15 is 0 Å². The zero-order valence-corrected chi connectivity index (χ0v) is 21.4. The number of aliphatic carboxylic acids is 1. The maximum absolute atomic E-state index is 13.3. The van der Waals surface area contributed by atoms with Crippen molar-refractivity contribution >= 4 is 35.5 Å². The van der Waals surface area contributed by atoms with Gasteiger partial charge in [0.2, 0.25) is 17.7 Å². The predicted octanol–water partition coefficient (Wildman–Crippen LogP) is 0.0835. The molecule has 0 aliphatic carbocycles. The Kier molecular flexibility index (Phi) is 12.6. The van der Waals surface area contributed by atoms with E-state index in [1.807, 2.05) is 18.4 Å². The van der Waals surface area contributed by atoms with Crippen LogP contribution in [0.15, 0.2) is 60.7 Å². The van der Waals surface area contributed by atoms with Crippen molar-refractivity contribution in [3.8, 4) is 0 Å². The standard InChI is InChI=1S/C26H34N4O6S/c1-37-13-12-20(28-23(32)19(27)16-31)24(33)29-21(14-17-8-4-2-5-9-17)25(34)30-22(26(35)36)15-18-10-6-3-7-11-18/h2-11,19-22,31H,12-16,27H2,1H3,(H,28,32)(H,29,33)(H,30,34)(H,35,36). The second-order valence-electron chi connectivity index (χ2n) is 8.47. The number of aliphatic hydroxyl groups is 1. The molecule has 0 aliphatic heterocycles. The molecule has 2 aromatic rings. The van der Waals surface area contributed by atoms with Crippen LogP contribution in [-0.2, 0) is 32.0 Å². The molecule has 0 heterocycles. The van der Waals surface area contributed by atoms with Gasteiger partial charge in [-0.3, -0.25) is 14.4 Å². The van der Waals surface area contributed by atoms with Crippen molar-refractivity contribution in [3.05, 3.63) is 71.8 Å². The minimum Gasteiger partial charge on any atom is -0.480 e. The molecule has 37 heavy (non-hydrogen) atoms. The molecule has 0 aliphatic rings. The van der Waals surface area contributed by atoms with Gasteiger partial charge in [-0.2, -0.15) is 11.8 Å². The van der Waals surface area contributed by atoms with Crippen molar-refractivity contribution in [2.24, 2.45) is 5.73 Å². The molecule has 200 valence electrons. The summed E-state index contributed by atoms with van der Waals surface area (Å²) < 4.78 is 0. The van der Waals surface area contributed by atoms with Crippen molar-refractivity contribution in [2.45, 2.75) is 43.4 Å². The van der Waals surface area contributed by atoms with E-state index in [0.717, 1.165) is 11.1 Å². The molecule has 0 aromatic heterocycles. The highest BCUT2D eigenvalue weighted by Gasteiger charge is 2.30. The lowest BCUT2D eigenvalue weighted by Gasteiger charge is -2.25. The van der Waals surface area contributed by atoms with Crippen LogP contribution in [0.25, 0.3) is 0 Å². The lowest BCUT2D eigenvalue weighted by molar-refractivity contribution is -0.142. The third-order valence-electron chi connectivity index (χ3n) is 5.59. The average Bonchev–Trinajstić information content (AvgIpc) is 2.90. The minimum absolute atomic E-state index is 0.0688. The maximum atomic E-state index is 13.3. The molecule has 10 nitrogen and oxygen atoms in total. The Morgan fingerprint density at radius 1 is 0.784 bits per heavy atom. The number of amides is 3. The van der Waals surface area contributed by atoms with E-state index in [1.165, 1.54) is 11.8 Å². The lowest BCUT2D eigenvalue weighted by Crippen LogP contribution is -2.58. The fourth-order valence-electron chi connectivity index (χ4n) is 3.52. The topological polar surface area (TPSA) is 171 Å². The van der Waals surface area contributed by atoms with E-state index in [0.29, 0.717) is 5.75 Å². The van der Waals surface area contributed by atoms with E-state index in [2.05, 4.69) is 16.0 Å². The average molecular weight is 531 g/mol. The van der Waals surface area contributed by atoms with Crippen LogP contribution in [0.3, 0.4) is 0 Å². The smallest absolute Gasteiger partial charge is 0.326 e. The molecule has 2 rings (SSSR count). The minimum atomic E-state index is -1.21. The number of benzene rings is 2. The van der Waals surface area contributed by atoms with Gasteiger partial charge < -0.3 is 31.9 Å². The summed E-state index contributed by atoms with van der Waals surface area (Å²) in [5, 5.41) is 26.6. The van der Waals surface area contributed by atoms with E-state index < -0.39 is 54.5 Å². The van der Waals surface area contributed by atoms with Crippen LogP contribution in [0.4, 0.5) is 0 Å². The Morgan fingerprint density at radius 3 is 1.73 bits per heavy atom. The number of carbonyl (C=O) groups excluding carboxylic acids is 3. The highest BCUT2D eigenvalue weighted by atomic mass is 32.2. The first kappa shape index (κ1) is 29.8. The fraction of sp³-hybridized carbons (Fsp3) is 0.385. The van der Waals surface area contributed by atoms with Gasteiger partial charge in [0.1, 0.15) is 24.2 Å². The molecule has 0 bridgehead atoms. The quantitative estimate of drug-likeness (QED) is 0.188. The van der Waals surface area contributed by atoms with Gasteiger partial charge in [-0.05, 0) is 29.6 Å². The number of hydrogen-bond acceptors (Lipinski definition) is 7. The molecule has 11 heteroatoms. The molecule has 0 saturated carbocycles. The largest absolute Gasteiger partial charge is 0.480 e. The summed E-state index contributed by atoms with van der Waals surface area (Å²) in [6, 6.07) is 13.4. The van der Waals surface area contributed by atoms with Crippen molar-refractivity contribution < 1.29 is 29.4 Å². The number of carboxylic acids is 1. The first-order valence-electron chi connectivity index (χ1n) is 11.8. The number of rotatable bonds is 15. The highest BCUT2D eigenvalue weighted by Crippen LogP contribution is 2.08. The van der Waals surface area contributed by atoms with E-state index in [1.54, 1.807) is 48.5 Å². The Bertz CT molecular complexity index is 1020.